The molecule has 0 aliphatic heterocycles. The molecule has 2 nitrogen and oxygen atoms in total. The second-order valence-corrected chi connectivity index (χ2v) is 6.63. The van der Waals surface area contributed by atoms with Crippen LogP contribution in [0, 0.1) is 0 Å². The maximum atomic E-state index is 12.7. The highest BCUT2D eigenvalue weighted by Crippen LogP contribution is 2.27. The molecule has 0 aliphatic carbocycles. The Morgan fingerprint density at radius 2 is 1.56 bits per heavy atom. The molecule has 0 aromatic heterocycles. The molecule has 0 bridgehead atoms. The Morgan fingerprint density at radius 3 is 2.24 bits per heavy atom. The average Bonchev–Trinajstić information content (AvgIpc) is 2.62. The van der Waals surface area contributed by atoms with Crippen molar-refractivity contribution in [2.24, 2.45) is 0 Å². The summed E-state index contributed by atoms with van der Waals surface area (Å²) >= 11 is 12.1. The molecule has 0 radical (unpaired) electrons. The Labute approximate surface area is 157 Å². The molecule has 1 atom stereocenters. The van der Waals surface area contributed by atoms with Crippen molar-refractivity contribution in [1.29, 1.82) is 0 Å². The van der Waals surface area contributed by atoms with E-state index in [-0.39, 0.29) is 11.8 Å². The summed E-state index contributed by atoms with van der Waals surface area (Å²) in [5, 5.41) is 4.72. The third-order valence-corrected chi connectivity index (χ3v) is 4.41. The fourth-order valence-electron chi connectivity index (χ4n) is 2.65. The van der Waals surface area contributed by atoms with Crippen molar-refractivity contribution in [3.05, 3.63) is 100 Å². The van der Waals surface area contributed by atoms with Gasteiger partial charge < -0.3 is 5.32 Å². The molecule has 1 unspecified atom stereocenters. The van der Waals surface area contributed by atoms with Gasteiger partial charge >= 0.3 is 0 Å². The Hall–Kier alpha value is -2.29. The zero-order valence-electron chi connectivity index (χ0n) is 13.5. The molecule has 0 spiro atoms. The highest BCUT2D eigenvalue weighted by molar-refractivity contribution is 6.31. The van der Waals surface area contributed by atoms with Crippen LogP contribution < -0.4 is 5.32 Å². The molecule has 126 valence electrons. The third kappa shape index (κ3) is 4.85. The molecule has 3 rings (SSSR count). The van der Waals surface area contributed by atoms with E-state index in [0.29, 0.717) is 22.0 Å². The third-order valence-electron chi connectivity index (χ3n) is 3.92. The molecule has 0 aliphatic rings. The van der Waals surface area contributed by atoms with Crippen LogP contribution in [-0.4, -0.2) is 5.78 Å². The monoisotopic (exact) mass is 369 g/mol. The molecule has 0 heterocycles. The van der Waals surface area contributed by atoms with E-state index in [1.807, 2.05) is 78.9 Å². The number of Topliss-reactive ketones (excluding diaryl/α,β-unsaturated/α-hetero) is 1. The topological polar surface area (TPSA) is 29.1 Å². The lowest BCUT2D eigenvalue weighted by Crippen LogP contribution is -2.15. The lowest BCUT2D eigenvalue weighted by molar-refractivity contribution is 0.0976. The van der Waals surface area contributed by atoms with Gasteiger partial charge in [0.25, 0.3) is 0 Å². The van der Waals surface area contributed by atoms with Crippen LogP contribution in [0.1, 0.15) is 28.4 Å². The van der Waals surface area contributed by atoms with E-state index in [1.165, 1.54) is 0 Å². The Morgan fingerprint density at radius 1 is 0.840 bits per heavy atom. The molecule has 25 heavy (non-hydrogen) atoms. The molecule has 3 aromatic rings. The zero-order chi connectivity index (χ0) is 17.6. The number of carbonyl (C=O) groups is 1. The molecule has 4 heteroatoms. The summed E-state index contributed by atoms with van der Waals surface area (Å²) in [5.41, 5.74) is 2.57. The minimum Gasteiger partial charge on any atom is -0.378 e. The largest absolute Gasteiger partial charge is 0.378 e. The van der Waals surface area contributed by atoms with Crippen LogP contribution in [-0.2, 0) is 0 Å². The van der Waals surface area contributed by atoms with E-state index in [9.17, 15) is 4.79 Å². The lowest BCUT2D eigenvalue weighted by Gasteiger charge is -2.20. The standard InChI is InChI=1S/C21H17Cl2NO/c22-17-11-9-15(10-12-17)20(24-19-8-4-7-18(23)13-19)14-21(25)16-5-2-1-3-6-16/h1-13,20,24H,14H2. The van der Waals surface area contributed by atoms with Gasteiger partial charge in [0.2, 0.25) is 0 Å². The highest BCUT2D eigenvalue weighted by Gasteiger charge is 2.17. The summed E-state index contributed by atoms with van der Waals surface area (Å²) in [7, 11) is 0. The van der Waals surface area contributed by atoms with E-state index in [4.69, 9.17) is 23.2 Å². The first-order valence-corrected chi connectivity index (χ1v) is 8.73. The van der Waals surface area contributed by atoms with Crippen LogP contribution in [0.4, 0.5) is 5.69 Å². The van der Waals surface area contributed by atoms with Gasteiger partial charge in [0.15, 0.2) is 5.78 Å². The fourth-order valence-corrected chi connectivity index (χ4v) is 2.97. The van der Waals surface area contributed by atoms with Crippen molar-refractivity contribution in [1.82, 2.24) is 0 Å². The van der Waals surface area contributed by atoms with Crippen LogP contribution in [0.15, 0.2) is 78.9 Å². The predicted octanol–water partition coefficient (Wildman–Crippen LogP) is 6.42. The van der Waals surface area contributed by atoms with Gasteiger partial charge in [0, 0.05) is 27.7 Å². The van der Waals surface area contributed by atoms with Gasteiger partial charge in [-0.15, -0.1) is 0 Å². The smallest absolute Gasteiger partial charge is 0.165 e. The van der Waals surface area contributed by atoms with Crippen LogP contribution in [0.5, 0.6) is 0 Å². The SMILES string of the molecule is O=C(CC(Nc1cccc(Cl)c1)c1ccc(Cl)cc1)c1ccccc1. The first kappa shape index (κ1) is 17.5. The molecule has 1 N–H and O–H groups in total. The second kappa shape index (κ2) is 8.19. The normalized spacial score (nSPS) is 11.8. The van der Waals surface area contributed by atoms with Gasteiger partial charge in [-0.1, -0.05) is 71.7 Å². The average molecular weight is 370 g/mol. The van der Waals surface area contributed by atoms with Crippen molar-refractivity contribution in [2.45, 2.75) is 12.5 Å². The molecule has 0 saturated heterocycles. The summed E-state index contributed by atoms with van der Waals surface area (Å²) < 4.78 is 0. The lowest BCUT2D eigenvalue weighted by atomic mass is 9.97. The highest BCUT2D eigenvalue weighted by atomic mass is 35.5. The number of hydrogen-bond acceptors (Lipinski definition) is 2. The van der Waals surface area contributed by atoms with Crippen molar-refractivity contribution in [2.75, 3.05) is 5.32 Å². The maximum absolute atomic E-state index is 12.7. The summed E-state index contributed by atoms with van der Waals surface area (Å²) in [6, 6.07) is 24.1. The van der Waals surface area contributed by atoms with Crippen molar-refractivity contribution >= 4 is 34.7 Å². The van der Waals surface area contributed by atoms with Gasteiger partial charge in [0.05, 0.1) is 6.04 Å². The van der Waals surface area contributed by atoms with E-state index >= 15 is 0 Å². The first-order chi connectivity index (χ1) is 12.1. The number of ketones is 1. The van der Waals surface area contributed by atoms with Gasteiger partial charge in [0.1, 0.15) is 0 Å². The molecule has 0 fully saturated rings. The second-order valence-electron chi connectivity index (χ2n) is 5.75. The summed E-state index contributed by atoms with van der Waals surface area (Å²) in [6.45, 7) is 0. The fraction of sp³-hybridized carbons (Fsp3) is 0.0952. The number of carbonyl (C=O) groups excluding carboxylic acids is 1. The number of anilines is 1. The number of rotatable bonds is 6. The number of nitrogens with one attached hydrogen (secondary N) is 1. The number of benzene rings is 3. The van der Waals surface area contributed by atoms with Crippen LogP contribution >= 0.6 is 23.2 Å². The number of halogens is 2. The van der Waals surface area contributed by atoms with Gasteiger partial charge in [-0.05, 0) is 35.9 Å². The Bertz CT molecular complexity index is 847. The minimum absolute atomic E-state index is 0.0788. The van der Waals surface area contributed by atoms with E-state index in [0.717, 1.165) is 11.3 Å². The van der Waals surface area contributed by atoms with Gasteiger partial charge in [-0.2, -0.15) is 0 Å². The van der Waals surface area contributed by atoms with E-state index < -0.39 is 0 Å². The van der Waals surface area contributed by atoms with E-state index in [2.05, 4.69) is 5.32 Å². The van der Waals surface area contributed by atoms with Gasteiger partial charge in [-0.3, -0.25) is 4.79 Å². The van der Waals surface area contributed by atoms with E-state index in [1.54, 1.807) is 0 Å². The predicted molar refractivity (Wildman–Crippen MR) is 105 cm³/mol. The number of hydrogen-bond donors (Lipinski definition) is 1. The quantitative estimate of drug-likeness (QED) is 0.507. The summed E-state index contributed by atoms with van der Waals surface area (Å²) in [4.78, 5) is 12.7. The molecular weight excluding hydrogens is 353 g/mol. The molecule has 3 aromatic carbocycles. The minimum atomic E-state index is -0.177. The molecule has 0 amide bonds. The summed E-state index contributed by atoms with van der Waals surface area (Å²) in [5.74, 6) is 0.0788. The molecule has 0 saturated carbocycles. The van der Waals surface area contributed by atoms with Crippen LogP contribution in [0.2, 0.25) is 10.0 Å². The van der Waals surface area contributed by atoms with Crippen LogP contribution in [0.3, 0.4) is 0 Å². The zero-order valence-corrected chi connectivity index (χ0v) is 15.0. The molecular formula is C21H17Cl2NO. The maximum Gasteiger partial charge on any atom is 0.165 e. The first-order valence-electron chi connectivity index (χ1n) is 7.97. The van der Waals surface area contributed by atoms with Crippen molar-refractivity contribution in [3.63, 3.8) is 0 Å². The Kier molecular flexibility index (Phi) is 5.75. The van der Waals surface area contributed by atoms with Crippen molar-refractivity contribution < 1.29 is 4.79 Å². The van der Waals surface area contributed by atoms with Crippen molar-refractivity contribution in [3.8, 4) is 0 Å². The van der Waals surface area contributed by atoms with Crippen LogP contribution in [0.25, 0.3) is 0 Å². The summed E-state index contributed by atoms with van der Waals surface area (Å²) in [6.07, 6.45) is 0.332. The Balaban J connectivity index is 1.86. The van der Waals surface area contributed by atoms with Gasteiger partial charge in [-0.25, -0.2) is 0 Å².